The minimum atomic E-state index is -0.379. The van der Waals surface area contributed by atoms with Crippen molar-refractivity contribution < 1.29 is 9.53 Å². The Kier molecular flexibility index (Phi) is 5.23. The Morgan fingerprint density at radius 2 is 1.86 bits per heavy atom. The Morgan fingerprint density at radius 1 is 1.19 bits per heavy atom. The fourth-order valence-electron chi connectivity index (χ4n) is 2.49. The van der Waals surface area contributed by atoms with Crippen LogP contribution in [0.5, 0.6) is 5.75 Å². The van der Waals surface area contributed by atoms with Gasteiger partial charge in [0, 0.05) is 26.2 Å². The first-order chi connectivity index (χ1) is 10.0. The van der Waals surface area contributed by atoms with Crippen molar-refractivity contribution in [2.75, 3.05) is 33.2 Å². The van der Waals surface area contributed by atoms with Gasteiger partial charge in [0.2, 0.25) is 0 Å². The van der Waals surface area contributed by atoms with Gasteiger partial charge < -0.3 is 14.5 Å². The fourth-order valence-corrected chi connectivity index (χ4v) is 2.49. The van der Waals surface area contributed by atoms with E-state index >= 15 is 0 Å². The molecule has 1 aliphatic rings. The van der Waals surface area contributed by atoms with E-state index in [9.17, 15) is 4.79 Å². The number of ether oxygens (including phenoxy) is 1. The lowest BCUT2D eigenvalue weighted by Gasteiger charge is -2.34. The number of rotatable bonds is 4. The number of nitrogens with zero attached hydrogens (tertiary/aromatic N) is 2. The second-order valence-electron chi connectivity index (χ2n) is 5.89. The zero-order valence-corrected chi connectivity index (χ0v) is 13.6. The highest BCUT2D eigenvalue weighted by Gasteiger charge is 2.26. The molecule has 116 valence electrons. The number of aryl methyl sites for hydroxylation is 2. The summed E-state index contributed by atoms with van der Waals surface area (Å²) >= 11 is 0. The van der Waals surface area contributed by atoms with Gasteiger partial charge in [0.05, 0.1) is 0 Å². The minimum Gasteiger partial charge on any atom is -0.481 e. The summed E-state index contributed by atoms with van der Waals surface area (Å²) in [6.07, 6.45) is 0.313. The predicted molar refractivity (Wildman–Crippen MR) is 84.7 cm³/mol. The predicted octanol–water partition coefficient (Wildman–Crippen LogP) is 2.23. The van der Waals surface area contributed by atoms with E-state index in [1.165, 1.54) is 11.1 Å². The summed E-state index contributed by atoms with van der Waals surface area (Å²) in [6, 6.07) is 6.00. The molecule has 0 aromatic heterocycles. The first-order valence-electron chi connectivity index (χ1n) is 7.72. The topological polar surface area (TPSA) is 32.8 Å². The number of amides is 1. The molecule has 4 nitrogen and oxygen atoms in total. The highest BCUT2D eigenvalue weighted by atomic mass is 16.5. The van der Waals surface area contributed by atoms with E-state index in [1.54, 1.807) is 0 Å². The molecule has 0 unspecified atom stereocenters. The van der Waals surface area contributed by atoms with Gasteiger partial charge in [-0.25, -0.2) is 0 Å². The van der Waals surface area contributed by atoms with E-state index in [-0.39, 0.29) is 12.0 Å². The van der Waals surface area contributed by atoms with Crippen LogP contribution in [-0.2, 0) is 4.79 Å². The number of hydrogen-bond acceptors (Lipinski definition) is 3. The first kappa shape index (κ1) is 15.8. The minimum absolute atomic E-state index is 0.115. The summed E-state index contributed by atoms with van der Waals surface area (Å²) < 4.78 is 5.94. The van der Waals surface area contributed by atoms with E-state index in [0.29, 0.717) is 6.42 Å². The van der Waals surface area contributed by atoms with Crippen LogP contribution in [0.1, 0.15) is 24.5 Å². The molecule has 1 aromatic carbocycles. The average Bonchev–Trinajstić information content (AvgIpc) is 2.48. The van der Waals surface area contributed by atoms with Crippen LogP contribution in [-0.4, -0.2) is 55.0 Å². The largest absolute Gasteiger partial charge is 0.481 e. The quantitative estimate of drug-likeness (QED) is 0.852. The van der Waals surface area contributed by atoms with Crippen molar-refractivity contribution in [3.63, 3.8) is 0 Å². The molecule has 0 saturated carbocycles. The summed E-state index contributed by atoms with van der Waals surface area (Å²) in [7, 11) is 2.09. The fraction of sp³-hybridized carbons (Fsp3) is 0.588. The molecule has 21 heavy (non-hydrogen) atoms. The third-order valence-corrected chi connectivity index (χ3v) is 4.22. The van der Waals surface area contributed by atoms with Crippen LogP contribution in [0.3, 0.4) is 0 Å². The third-order valence-electron chi connectivity index (χ3n) is 4.22. The monoisotopic (exact) mass is 290 g/mol. The highest BCUT2D eigenvalue weighted by molar-refractivity contribution is 5.81. The molecule has 0 bridgehead atoms. The number of carbonyl (C=O) groups excluding carboxylic acids is 1. The van der Waals surface area contributed by atoms with Crippen molar-refractivity contribution in [2.24, 2.45) is 0 Å². The molecule has 1 atom stereocenters. The van der Waals surface area contributed by atoms with Gasteiger partial charge in [0.15, 0.2) is 6.10 Å². The molecule has 1 heterocycles. The molecule has 1 fully saturated rings. The maximum atomic E-state index is 12.6. The molecule has 4 heteroatoms. The van der Waals surface area contributed by atoms with E-state index in [0.717, 1.165) is 31.9 Å². The molecule has 1 aromatic rings. The number of likely N-dealkylation sites (N-methyl/N-ethyl adjacent to an activating group) is 1. The lowest BCUT2D eigenvalue weighted by molar-refractivity contribution is -0.140. The molecule has 2 rings (SSSR count). The number of piperazine rings is 1. The van der Waals surface area contributed by atoms with Gasteiger partial charge in [0.1, 0.15) is 5.75 Å². The van der Waals surface area contributed by atoms with Gasteiger partial charge in [-0.2, -0.15) is 0 Å². The molecule has 0 radical (unpaired) electrons. The summed E-state index contributed by atoms with van der Waals surface area (Å²) in [4.78, 5) is 16.7. The lowest BCUT2D eigenvalue weighted by atomic mass is 10.1. The second-order valence-corrected chi connectivity index (χ2v) is 5.89. The number of hydrogen-bond donors (Lipinski definition) is 0. The van der Waals surface area contributed by atoms with Crippen LogP contribution < -0.4 is 4.74 Å². The Bertz CT molecular complexity index is 494. The first-order valence-corrected chi connectivity index (χ1v) is 7.72. The van der Waals surface area contributed by atoms with Crippen LogP contribution in [0.4, 0.5) is 0 Å². The van der Waals surface area contributed by atoms with Crippen molar-refractivity contribution in [3.05, 3.63) is 29.3 Å². The summed E-state index contributed by atoms with van der Waals surface area (Å²) in [5.41, 5.74) is 2.43. The summed E-state index contributed by atoms with van der Waals surface area (Å²) in [5, 5.41) is 0. The van der Waals surface area contributed by atoms with Crippen LogP contribution in [0.25, 0.3) is 0 Å². The van der Waals surface area contributed by atoms with Crippen LogP contribution in [0.15, 0.2) is 18.2 Å². The van der Waals surface area contributed by atoms with E-state index in [4.69, 9.17) is 4.74 Å². The zero-order chi connectivity index (χ0) is 15.4. The average molecular weight is 290 g/mol. The Balaban J connectivity index is 2.01. The molecule has 1 saturated heterocycles. The second kappa shape index (κ2) is 6.94. The highest BCUT2D eigenvalue weighted by Crippen LogP contribution is 2.19. The van der Waals surface area contributed by atoms with E-state index in [1.807, 2.05) is 30.0 Å². The Labute approximate surface area is 127 Å². The number of benzene rings is 1. The summed E-state index contributed by atoms with van der Waals surface area (Å²) in [6.45, 7) is 9.60. The van der Waals surface area contributed by atoms with Crippen molar-refractivity contribution in [1.82, 2.24) is 9.80 Å². The third kappa shape index (κ3) is 3.97. The van der Waals surface area contributed by atoms with Gasteiger partial charge in [-0.15, -0.1) is 0 Å². The van der Waals surface area contributed by atoms with E-state index in [2.05, 4.69) is 25.8 Å². The van der Waals surface area contributed by atoms with Crippen molar-refractivity contribution in [2.45, 2.75) is 33.3 Å². The molecule has 0 aliphatic carbocycles. The Hall–Kier alpha value is -1.55. The molecule has 1 aliphatic heterocycles. The van der Waals surface area contributed by atoms with Gasteiger partial charge in [0.25, 0.3) is 5.91 Å². The zero-order valence-electron chi connectivity index (χ0n) is 13.6. The number of carbonyl (C=O) groups is 1. The molecular weight excluding hydrogens is 264 g/mol. The van der Waals surface area contributed by atoms with Crippen LogP contribution >= 0.6 is 0 Å². The molecule has 0 spiro atoms. The Morgan fingerprint density at radius 3 is 2.43 bits per heavy atom. The molecule has 1 amide bonds. The van der Waals surface area contributed by atoms with Gasteiger partial charge in [-0.1, -0.05) is 13.0 Å². The van der Waals surface area contributed by atoms with E-state index < -0.39 is 0 Å². The van der Waals surface area contributed by atoms with Crippen LogP contribution in [0, 0.1) is 13.8 Å². The smallest absolute Gasteiger partial charge is 0.263 e. The summed E-state index contributed by atoms with van der Waals surface area (Å²) in [5.74, 6) is 0.899. The van der Waals surface area contributed by atoms with Gasteiger partial charge in [-0.3, -0.25) is 4.79 Å². The molecule has 0 N–H and O–H groups in total. The lowest BCUT2D eigenvalue weighted by Crippen LogP contribution is -2.51. The molecular formula is C17H26N2O2. The van der Waals surface area contributed by atoms with Gasteiger partial charge in [-0.05, 0) is 50.6 Å². The van der Waals surface area contributed by atoms with Crippen molar-refractivity contribution in [3.8, 4) is 5.75 Å². The standard InChI is InChI=1S/C17H26N2O2/c1-5-16(17(20)19-10-8-18(4)9-11-19)21-15-7-6-13(2)14(3)12-15/h6-7,12,16H,5,8-11H2,1-4H3/t16-/m0/s1. The van der Waals surface area contributed by atoms with Crippen LogP contribution in [0.2, 0.25) is 0 Å². The maximum absolute atomic E-state index is 12.6. The van der Waals surface area contributed by atoms with Crippen molar-refractivity contribution in [1.29, 1.82) is 0 Å². The normalized spacial score (nSPS) is 17.6. The van der Waals surface area contributed by atoms with Crippen molar-refractivity contribution >= 4 is 5.91 Å². The maximum Gasteiger partial charge on any atom is 0.263 e. The SMILES string of the molecule is CC[C@H](Oc1ccc(C)c(C)c1)C(=O)N1CCN(C)CC1. The van der Waals surface area contributed by atoms with Gasteiger partial charge >= 0.3 is 0 Å².